The summed E-state index contributed by atoms with van der Waals surface area (Å²) in [6, 6.07) is 3.83. The van der Waals surface area contributed by atoms with Crippen molar-refractivity contribution >= 4 is 34.1 Å². The highest BCUT2D eigenvalue weighted by Gasteiger charge is 2.10. The second kappa shape index (κ2) is 4.76. The number of rotatable bonds is 2. The molecule has 1 aromatic carbocycles. The topological polar surface area (TPSA) is 66.5 Å². The van der Waals surface area contributed by atoms with Gasteiger partial charge in [-0.25, -0.2) is 9.97 Å². The number of aromatic nitrogens is 4. The molecule has 0 unspecified atom stereocenters. The summed E-state index contributed by atoms with van der Waals surface area (Å²) in [5.41, 5.74) is 3.91. The normalized spacial score (nSPS) is 11.0. The van der Waals surface area contributed by atoms with Crippen molar-refractivity contribution < 1.29 is 0 Å². The highest BCUT2D eigenvalue weighted by molar-refractivity contribution is 6.32. The van der Waals surface area contributed by atoms with Crippen LogP contribution in [0, 0.1) is 20.8 Å². The molecule has 0 saturated heterocycles. The molecule has 102 valence electrons. The van der Waals surface area contributed by atoms with E-state index in [0.717, 1.165) is 39.4 Å². The van der Waals surface area contributed by atoms with Crippen molar-refractivity contribution in [2.24, 2.45) is 0 Å². The molecule has 6 heteroatoms. The van der Waals surface area contributed by atoms with Crippen LogP contribution in [0.1, 0.15) is 16.8 Å². The lowest BCUT2D eigenvalue weighted by molar-refractivity contribution is 1.04. The standard InChI is InChI=1S/C14H14ClN5/c1-7-4-10-12(5-11(7)15)16-6-17-14(10)18-13-8(2)9(3)19-20-13/h4-6H,1-3H3,(H2,16,17,18,19,20). The van der Waals surface area contributed by atoms with E-state index < -0.39 is 0 Å². The summed E-state index contributed by atoms with van der Waals surface area (Å²) in [7, 11) is 0. The maximum absolute atomic E-state index is 6.13. The van der Waals surface area contributed by atoms with Crippen LogP contribution in [0.4, 0.5) is 11.6 Å². The highest BCUT2D eigenvalue weighted by Crippen LogP contribution is 2.28. The molecule has 0 aliphatic carbocycles. The first-order chi connectivity index (χ1) is 9.56. The molecular weight excluding hydrogens is 274 g/mol. The molecule has 0 fully saturated rings. The first-order valence-corrected chi connectivity index (χ1v) is 6.63. The first-order valence-electron chi connectivity index (χ1n) is 6.25. The average molecular weight is 288 g/mol. The van der Waals surface area contributed by atoms with Crippen molar-refractivity contribution in [3.63, 3.8) is 0 Å². The Labute approximate surface area is 121 Å². The van der Waals surface area contributed by atoms with Gasteiger partial charge in [0.25, 0.3) is 0 Å². The molecule has 0 aliphatic heterocycles. The molecule has 3 rings (SSSR count). The Balaban J connectivity index is 2.12. The fourth-order valence-corrected chi connectivity index (χ4v) is 2.16. The molecule has 0 saturated carbocycles. The summed E-state index contributed by atoms with van der Waals surface area (Å²) in [4.78, 5) is 8.55. The SMILES string of the molecule is Cc1cc2c(Nc3n[nH]c(C)c3C)ncnc2cc1Cl. The predicted molar refractivity (Wildman–Crippen MR) is 80.6 cm³/mol. The van der Waals surface area contributed by atoms with E-state index in [0.29, 0.717) is 5.02 Å². The highest BCUT2D eigenvalue weighted by atomic mass is 35.5. The van der Waals surface area contributed by atoms with Gasteiger partial charge >= 0.3 is 0 Å². The lowest BCUT2D eigenvalue weighted by atomic mass is 10.1. The van der Waals surface area contributed by atoms with Gasteiger partial charge in [0.1, 0.15) is 12.1 Å². The smallest absolute Gasteiger partial charge is 0.156 e. The Hall–Kier alpha value is -2.14. The first kappa shape index (κ1) is 12.9. The summed E-state index contributed by atoms with van der Waals surface area (Å²) in [5, 5.41) is 12.1. The van der Waals surface area contributed by atoms with E-state index in [2.05, 4.69) is 25.5 Å². The molecule has 0 amide bonds. The van der Waals surface area contributed by atoms with E-state index in [9.17, 15) is 0 Å². The van der Waals surface area contributed by atoms with Gasteiger partial charge in [0.2, 0.25) is 0 Å². The summed E-state index contributed by atoms with van der Waals surface area (Å²) in [6.45, 7) is 5.95. The number of nitrogens with zero attached hydrogens (tertiary/aromatic N) is 3. The zero-order valence-electron chi connectivity index (χ0n) is 11.5. The Kier molecular flexibility index (Phi) is 3.06. The molecule has 2 N–H and O–H groups in total. The fourth-order valence-electron chi connectivity index (χ4n) is 2.00. The molecule has 0 bridgehead atoms. The van der Waals surface area contributed by atoms with Crippen molar-refractivity contribution in [3.8, 4) is 0 Å². The number of fused-ring (bicyclic) bond motifs is 1. The number of hydrogen-bond donors (Lipinski definition) is 2. The monoisotopic (exact) mass is 287 g/mol. The third-order valence-corrected chi connectivity index (χ3v) is 3.81. The molecule has 2 aromatic heterocycles. The van der Waals surface area contributed by atoms with E-state index in [1.807, 2.05) is 32.9 Å². The van der Waals surface area contributed by atoms with Crippen LogP contribution in [0.3, 0.4) is 0 Å². The van der Waals surface area contributed by atoms with Crippen LogP contribution in [0.2, 0.25) is 5.02 Å². The van der Waals surface area contributed by atoms with Crippen molar-refractivity contribution in [2.75, 3.05) is 5.32 Å². The number of nitrogens with one attached hydrogen (secondary N) is 2. The fraction of sp³-hybridized carbons (Fsp3) is 0.214. The van der Waals surface area contributed by atoms with Gasteiger partial charge in [0, 0.05) is 21.7 Å². The minimum atomic E-state index is 0.703. The second-order valence-corrected chi connectivity index (χ2v) is 5.20. The third-order valence-electron chi connectivity index (χ3n) is 3.41. The van der Waals surface area contributed by atoms with Crippen LogP contribution in [-0.4, -0.2) is 20.2 Å². The van der Waals surface area contributed by atoms with Gasteiger partial charge < -0.3 is 5.32 Å². The quantitative estimate of drug-likeness (QED) is 0.754. The Morgan fingerprint density at radius 3 is 2.60 bits per heavy atom. The maximum atomic E-state index is 6.13. The van der Waals surface area contributed by atoms with Crippen molar-refractivity contribution in [1.29, 1.82) is 0 Å². The summed E-state index contributed by atoms with van der Waals surface area (Å²) >= 11 is 6.13. The molecule has 0 radical (unpaired) electrons. The Bertz CT molecular complexity index is 794. The molecule has 0 spiro atoms. The van der Waals surface area contributed by atoms with Crippen LogP contribution in [-0.2, 0) is 0 Å². The minimum Gasteiger partial charge on any atom is -0.323 e. The Morgan fingerprint density at radius 1 is 1.10 bits per heavy atom. The van der Waals surface area contributed by atoms with Gasteiger partial charge in [-0.1, -0.05) is 11.6 Å². The number of anilines is 2. The van der Waals surface area contributed by atoms with Crippen LogP contribution in [0.15, 0.2) is 18.5 Å². The minimum absolute atomic E-state index is 0.703. The van der Waals surface area contributed by atoms with E-state index in [-0.39, 0.29) is 0 Å². The average Bonchev–Trinajstić information content (AvgIpc) is 2.73. The van der Waals surface area contributed by atoms with Crippen LogP contribution in [0.25, 0.3) is 10.9 Å². The second-order valence-electron chi connectivity index (χ2n) is 4.79. The van der Waals surface area contributed by atoms with Crippen LogP contribution < -0.4 is 5.32 Å². The molecule has 0 aliphatic rings. The molecule has 5 nitrogen and oxygen atoms in total. The van der Waals surface area contributed by atoms with Gasteiger partial charge in [-0.2, -0.15) is 5.10 Å². The Morgan fingerprint density at radius 2 is 1.90 bits per heavy atom. The molecular formula is C14H14ClN5. The maximum Gasteiger partial charge on any atom is 0.156 e. The summed E-state index contributed by atoms with van der Waals surface area (Å²) < 4.78 is 0. The third kappa shape index (κ3) is 2.10. The predicted octanol–water partition coefficient (Wildman–Crippen LogP) is 3.68. The number of halogens is 1. The molecule has 20 heavy (non-hydrogen) atoms. The van der Waals surface area contributed by atoms with Crippen molar-refractivity contribution in [2.45, 2.75) is 20.8 Å². The zero-order chi connectivity index (χ0) is 14.3. The molecule has 3 aromatic rings. The van der Waals surface area contributed by atoms with E-state index in [1.165, 1.54) is 6.33 Å². The zero-order valence-corrected chi connectivity index (χ0v) is 12.2. The van der Waals surface area contributed by atoms with Crippen molar-refractivity contribution in [3.05, 3.63) is 40.3 Å². The number of aromatic amines is 1. The number of hydrogen-bond acceptors (Lipinski definition) is 4. The van der Waals surface area contributed by atoms with E-state index >= 15 is 0 Å². The number of H-pyrrole nitrogens is 1. The van der Waals surface area contributed by atoms with E-state index in [1.54, 1.807) is 0 Å². The largest absolute Gasteiger partial charge is 0.323 e. The molecule has 2 heterocycles. The van der Waals surface area contributed by atoms with Crippen molar-refractivity contribution in [1.82, 2.24) is 20.2 Å². The number of aryl methyl sites for hydroxylation is 2. The molecule has 0 atom stereocenters. The van der Waals surface area contributed by atoms with Gasteiger partial charge in [-0.15, -0.1) is 0 Å². The van der Waals surface area contributed by atoms with E-state index in [4.69, 9.17) is 11.6 Å². The van der Waals surface area contributed by atoms with Gasteiger partial charge in [0.05, 0.1) is 5.52 Å². The summed E-state index contributed by atoms with van der Waals surface area (Å²) in [6.07, 6.45) is 1.52. The van der Waals surface area contributed by atoms with Crippen LogP contribution >= 0.6 is 11.6 Å². The van der Waals surface area contributed by atoms with Gasteiger partial charge in [-0.05, 0) is 38.5 Å². The lowest BCUT2D eigenvalue weighted by Crippen LogP contribution is -1.98. The lowest BCUT2D eigenvalue weighted by Gasteiger charge is -2.08. The van der Waals surface area contributed by atoms with Crippen LogP contribution in [0.5, 0.6) is 0 Å². The summed E-state index contributed by atoms with van der Waals surface area (Å²) in [5.74, 6) is 1.50. The number of benzene rings is 1. The van der Waals surface area contributed by atoms with Gasteiger partial charge in [0.15, 0.2) is 5.82 Å². The van der Waals surface area contributed by atoms with Gasteiger partial charge in [-0.3, -0.25) is 5.10 Å².